The first-order valence-corrected chi connectivity index (χ1v) is 6.70. The zero-order valence-corrected chi connectivity index (χ0v) is 12.6. The smallest absolute Gasteiger partial charge is 0.268 e. The molecule has 0 fully saturated rings. The van der Waals surface area contributed by atoms with E-state index >= 15 is 0 Å². The Bertz CT molecular complexity index is 655. The molecule has 0 aliphatic heterocycles. The van der Waals surface area contributed by atoms with E-state index in [1.165, 1.54) is 6.20 Å². The Morgan fingerprint density at radius 2 is 2.11 bits per heavy atom. The normalized spacial score (nSPS) is 10.7. The van der Waals surface area contributed by atoms with Crippen LogP contribution in [-0.2, 0) is 6.54 Å². The summed E-state index contributed by atoms with van der Waals surface area (Å²) in [6.07, 6.45) is 1.49. The van der Waals surface area contributed by atoms with Gasteiger partial charge in [0.25, 0.3) is 5.56 Å². The summed E-state index contributed by atoms with van der Waals surface area (Å²) in [6, 6.07) is 5.17. The molecule has 0 unspecified atom stereocenters. The Hall–Kier alpha value is -0.840. The molecule has 94 valence electrons. The maximum atomic E-state index is 12.0. The van der Waals surface area contributed by atoms with Crippen LogP contribution in [0.15, 0.2) is 33.7 Å². The minimum atomic E-state index is -0.140. The molecule has 1 aromatic heterocycles. The highest BCUT2D eigenvalue weighted by molar-refractivity contribution is 9.10. The van der Waals surface area contributed by atoms with Crippen molar-refractivity contribution in [3.8, 4) is 0 Å². The maximum Gasteiger partial charge on any atom is 0.268 e. The van der Waals surface area contributed by atoms with Crippen molar-refractivity contribution >= 4 is 39.1 Å². The van der Waals surface area contributed by atoms with Gasteiger partial charge in [-0.1, -0.05) is 23.2 Å². The maximum absolute atomic E-state index is 12.0. The van der Waals surface area contributed by atoms with E-state index < -0.39 is 0 Å². The van der Waals surface area contributed by atoms with Crippen molar-refractivity contribution in [2.75, 3.05) is 0 Å². The summed E-state index contributed by atoms with van der Waals surface area (Å²) in [5, 5.41) is 1.16. The third-order valence-corrected chi connectivity index (χ3v) is 3.69. The first-order chi connectivity index (χ1) is 8.49. The number of nitrogens with zero attached hydrogens (tertiary/aromatic N) is 2. The molecule has 0 radical (unpaired) electrons. The van der Waals surface area contributed by atoms with Gasteiger partial charge in [0.15, 0.2) is 0 Å². The molecule has 0 amide bonds. The molecule has 0 N–H and O–H groups in total. The first-order valence-electron chi connectivity index (χ1n) is 5.15. The summed E-state index contributed by atoms with van der Waals surface area (Å²) in [5.41, 5.74) is 0.646. The van der Waals surface area contributed by atoms with Crippen molar-refractivity contribution in [2.24, 2.45) is 0 Å². The Kier molecular flexibility index (Phi) is 4.10. The number of aryl methyl sites for hydroxylation is 1. The van der Waals surface area contributed by atoms with Gasteiger partial charge in [-0.05, 0) is 46.6 Å². The van der Waals surface area contributed by atoms with Crippen LogP contribution in [0.2, 0.25) is 10.0 Å². The minimum absolute atomic E-state index is 0.140. The standard InChI is InChI=1S/C12H9BrCl2N2O/c1-7-16-5-10(13)12(18)17(7)6-8-4-9(14)2-3-11(8)15/h2-5H,6H2,1H3. The molecular formula is C12H9BrCl2N2O. The van der Waals surface area contributed by atoms with Crippen LogP contribution in [0.1, 0.15) is 11.4 Å². The monoisotopic (exact) mass is 346 g/mol. The van der Waals surface area contributed by atoms with Gasteiger partial charge in [0.05, 0.1) is 6.54 Å². The fraction of sp³-hybridized carbons (Fsp3) is 0.167. The van der Waals surface area contributed by atoms with Crippen molar-refractivity contribution in [3.05, 3.63) is 60.7 Å². The van der Waals surface area contributed by atoms with Crippen LogP contribution in [0.3, 0.4) is 0 Å². The molecule has 0 spiro atoms. The first kappa shape index (κ1) is 13.6. The van der Waals surface area contributed by atoms with Crippen molar-refractivity contribution in [2.45, 2.75) is 13.5 Å². The Morgan fingerprint density at radius 1 is 1.39 bits per heavy atom. The number of benzene rings is 1. The van der Waals surface area contributed by atoms with E-state index in [1.54, 1.807) is 29.7 Å². The molecule has 0 aliphatic rings. The van der Waals surface area contributed by atoms with Crippen LogP contribution >= 0.6 is 39.1 Å². The average molecular weight is 348 g/mol. The lowest BCUT2D eigenvalue weighted by atomic mass is 10.2. The molecule has 2 aromatic rings. The SMILES string of the molecule is Cc1ncc(Br)c(=O)n1Cc1cc(Cl)ccc1Cl. The zero-order chi connectivity index (χ0) is 13.3. The molecule has 0 bridgehead atoms. The summed E-state index contributed by atoms with van der Waals surface area (Å²) in [4.78, 5) is 16.1. The van der Waals surface area contributed by atoms with Gasteiger partial charge in [0.2, 0.25) is 0 Å². The van der Waals surface area contributed by atoms with E-state index in [4.69, 9.17) is 23.2 Å². The van der Waals surface area contributed by atoms with Gasteiger partial charge in [-0.2, -0.15) is 0 Å². The molecule has 3 nitrogen and oxygen atoms in total. The molecule has 2 rings (SSSR count). The zero-order valence-electron chi connectivity index (χ0n) is 9.45. The van der Waals surface area contributed by atoms with Crippen LogP contribution in [0.25, 0.3) is 0 Å². The van der Waals surface area contributed by atoms with Crippen LogP contribution in [0.5, 0.6) is 0 Å². The van der Waals surface area contributed by atoms with Gasteiger partial charge in [0.1, 0.15) is 10.3 Å². The highest BCUT2D eigenvalue weighted by Gasteiger charge is 2.08. The van der Waals surface area contributed by atoms with Gasteiger partial charge >= 0.3 is 0 Å². The number of halogens is 3. The Balaban J connectivity index is 2.49. The second-order valence-corrected chi connectivity index (χ2v) is 5.48. The van der Waals surface area contributed by atoms with Gasteiger partial charge in [-0.15, -0.1) is 0 Å². The van der Waals surface area contributed by atoms with Crippen molar-refractivity contribution in [1.82, 2.24) is 9.55 Å². The van der Waals surface area contributed by atoms with Gasteiger partial charge in [-0.25, -0.2) is 4.98 Å². The van der Waals surface area contributed by atoms with Crippen LogP contribution in [0, 0.1) is 6.92 Å². The molecule has 0 saturated carbocycles. The van der Waals surface area contributed by atoms with Crippen LogP contribution in [-0.4, -0.2) is 9.55 Å². The summed E-state index contributed by atoms with van der Waals surface area (Å²) in [5.74, 6) is 0.624. The van der Waals surface area contributed by atoms with E-state index in [-0.39, 0.29) is 5.56 Å². The molecule has 1 heterocycles. The number of hydrogen-bond donors (Lipinski definition) is 0. The molecular weight excluding hydrogens is 339 g/mol. The second kappa shape index (κ2) is 5.43. The Labute approximate surface area is 123 Å². The third-order valence-electron chi connectivity index (χ3n) is 2.54. The molecule has 18 heavy (non-hydrogen) atoms. The summed E-state index contributed by atoms with van der Waals surface area (Å²) in [6.45, 7) is 2.11. The van der Waals surface area contributed by atoms with Crippen molar-refractivity contribution in [1.29, 1.82) is 0 Å². The second-order valence-electron chi connectivity index (χ2n) is 3.78. The molecule has 1 aromatic carbocycles. The number of aromatic nitrogens is 2. The lowest BCUT2D eigenvalue weighted by Crippen LogP contribution is -2.24. The Morgan fingerprint density at radius 3 is 2.83 bits per heavy atom. The average Bonchev–Trinajstić information content (AvgIpc) is 2.34. The lowest BCUT2D eigenvalue weighted by Gasteiger charge is -2.11. The highest BCUT2D eigenvalue weighted by Crippen LogP contribution is 2.21. The molecule has 0 atom stereocenters. The third kappa shape index (κ3) is 2.76. The topological polar surface area (TPSA) is 34.9 Å². The van der Waals surface area contributed by atoms with Gasteiger partial charge in [-0.3, -0.25) is 9.36 Å². The summed E-state index contributed by atoms with van der Waals surface area (Å²) >= 11 is 15.2. The van der Waals surface area contributed by atoms with E-state index in [1.807, 2.05) is 0 Å². The fourth-order valence-corrected chi connectivity index (χ4v) is 2.26. The summed E-state index contributed by atoms with van der Waals surface area (Å²) in [7, 11) is 0. The van der Waals surface area contributed by atoms with Crippen molar-refractivity contribution < 1.29 is 0 Å². The lowest BCUT2D eigenvalue weighted by molar-refractivity contribution is 0.695. The largest absolute Gasteiger partial charge is 0.291 e. The molecule has 0 aliphatic carbocycles. The van der Waals surface area contributed by atoms with E-state index in [9.17, 15) is 4.79 Å². The molecule has 6 heteroatoms. The molecule has 0 saturated heterocycles. The van der Waals surface area contributed by atoms with E-state index in [0.717, 1.165) is 5.56 Å². The quantitative estimate of drug-likeness (QED) is 0.830. The van der Waals surface area contributed by atoms with E-state index in [2.05, 4.69) is 20.9 Å². The van der Waals surface area contributed by atoms with Crippen LogP contribution in [0.4, 0.5) is 0 Å². The van der Waals surface area contributed by atoms with E-state index in [0.29, 0.717) is 26.9 Å². The predicted molar refractivity (Wildman–Crippen MR) is 76.5 cm³/mol. The predicted octanol–water partition coefficient (Wildman–Crippen LogP) is 3.67. The minimum Gasteiger partial charge on any atom is -0.291 e. The fourth-order valence-electron chi connectivity index (χ4n) is 1.57. The number of rotatable bonds is 2. The van der Waals surface area contributed by atoms with Gasteiger partial charge < -0.3 is 0 Å². The van der Waals surface area contributed by atoms with Crippen LogP contribution < -0.4 is 5.56 Å². The highest BCUT2D eigenvalue weighted by atomic mass is 79.9. The van der Waals surface area contributed by atoms with Gasteiger partial charge in [0, 0.05) is 16.2 Å². The van der Waals surface area contributed by atoms with Crippen molar-refractivity contribution in [3.63, 3.8) is 0 Å². The summed E-state index contributed by atoms with van der Waals surface area (Å²) < 4.78 is 1.97. The number of hydrogen-bond acceptors (Lipinski definition) is 2.